The molecule has 0 spiro atoms. The van der Waals surface area contributed by atoms with Crippen LogP contribution in [0.1, 0.15) is 12.5 Å². The Morgan fingerprint density at radius 2 is 1.89 bits per heavy atom. The molecule has 4 heterocycles. The summed E-state index contributed by atoms with van der Waals surface area (Å²) in [5, 5.41) is 10.5. The number of anilines is 2. The standard InChI is InChI=1S/C28H36N8O2/c1-21-18-36(25-7-6-22(17-29)27-24(25)5-4-9-30-27)20-23(38-21)19-34-11-13-35(14-12-34)26-8-10-31-28(32-26)37-16-15-33(2)3/h4-10,21,23H,11-16,18-20H2,1-3H3/t21-,23+/m1/s1. The summed E-state index contributed by atoms with van der Waals surface area (Å²) in [4.78, 5) is 22.6. The number of pyridine rings is 1. The van der Waals surface area contributed by atoms with Gasteiger partial charge in [-0.2, -0.15) is 10.2 Å². The number of aromatic nitrogens is 3. The van der Waals surface area contributed by atoms with Crippen LogP contribution in [0.5, 0.6) is 6.01 Å². The number of ether oxygens (including phenoxy) is 2. The van der Waals surface area contributed by atoms with E-state index in [1.807, 2.05) is 32.3 Å². The highest BCUT2D eigenvalue weighted by Gasteiger charge is 2.29. The Morgan fingerprint density at radius 1 is 1.05 bits per heavy atom. The van der Waals surface area contributed by atoms with Gasteiger partial charge in [-0.1, -0.05) is 0 Å². The van der Waals surface area contributed by atoms with E-state index in [0.717, 1.165) is 74.8 Å². The van der Waals surface area contributed by atoms with Crippen molar-refractivity contribution in [3.63, 3.8) is 0 Å². The van der Waals surface area contributed by atoms with Crippen LogP contribution in [0.15, 0.2) is 42.7 Å². The van der Waals surface area contributed by atoms with Crippen LogP contribution in [0.4, 0.5) is 11.5 Å². The highest BCUT2D eigenvalue weighted by atomic mass is 16.5. The molecule has 38 heavy (non-hydrogen) atoms. The van der Waals surface area contributed by atoms with E-state index in [4.69, 9.17) is 9.47 Å². The van der Waals surface area contributed by atoms with Gasteiger partial charge in [0.25, 0.3) is 0 Å². The monoisotopic (exact) mass is 516 g/mol. The van der Waals surface area contributed by atoms with Crippen LogP contribution < -0.4 is 14.5 Å². The molecule has 0 aliphatic carbocycles. The predicted octanol–water partition coefficient (Wildman–Crippen LogP) is 2.25. The Bertz CT molecular complexity index is 1270. The molecule has 2 saturated heterocycles. The first kappa shape index (κ1) is 26.1. The number of likely N-dealkylation sites (N-methyl/N-ethyl adjacent to an activating group) is 1. The molecule has 10 heteroatoms. The minimum atomic E-state index is 0.100. The van der Waals surface area contributed by atoms with Crippen LogP contribution >= 0.6 is 0 Å². The number of rotatable bonds is 8. The number of hydrogen-bond donors (Lipinski definition) is 0. The lowest BCUT2D eigenvalue weighted by Crippen LogP contribution is -2.54. The van der Waals surface area contributed by atoms with Crippen molar-refractivity contribution < 1.29 is 9.47 Å². The summed E-state index contributed by atoms with van der Waals surface area (Å²) in [6, 6.07) is 12.6. The molecule has 1 aromatic carbocycles. The molecule has 2 aliphatic rings. The molecular formula is C28H36N8O2. The SMILES string of the molecule is C[C@@H]1CN(c2ccc(C#N)c3ncccc23)C[C@H](CN2CCN(c3ccnc(OCCN(C)C)n3)CC2)O1. The molecule has 2 aromatic heterocycles. The van der Waals surface area contributed by atoms with E-state index >= 15 is 0 Å². The topological polar surface area (TPSA) is 93.9 Å². The van der Waals surface area contributed by atoms with Crippen molar-refractivity contribution >= 4 is 22.4 Å². The molecule has 0 saturated carbocycles. The normalized spacial score (nSPS) is 20.6. The van der Waals surface area contributed by atoms with Gasteiger partial charge in [0.1, 0.15) is 18.5 Å². The largest absolute Gasteiger partial charge is 0.462 e. The van der Waals surface area contributed by atoms with Crippen LogP contribution in [0.2, 0.25) is 0 Å². The van der Waals surface area contributed by atoms with Gasteiger partial charge in [0, 0.05) is 75.8 Å². The zero-order valence-corrected chi connectivity index (χ0v) is 22.5. The van der Waals surface area contributed by atoms with Gasteiger partial charge >= 0.3 is 6.01 Å². The summed E-state index contributed by atoms with van der Waals surface area (Å²) in [5.74, 6) is 0.912. The van der Waals surface area contributed by atoms with Crippen molar-refractivity contribution in [2.24, 2.45) is 0 Å². The third kappa shape index (κ3) is 6.13. The molecule has 2 aliphatic heterocycles. The van der Waals surface area contributed by atoms with Gasteiger partial charge in [-0.25, -0.2) is 4.98 Å². The van der Waals surface area contributed by atoms with Gasteiger partial charge in [-0.3, -0.25) is 9.88 Å². The Balaban J connectivity index is 1.19. The summed E-state index contributed by atoms with van der Waals surface area (Å²) >= 11 is 0. The van der Waals surface area contributed by atoms with Crippen molar-refractivity contribution in [1.29, 1.82) is 5.26 Å². The minimum Gasteiger partial charge on any atom is -0.462 e. The fraction of sp³-hybridized carbons (Fsp3) is 0.500. The second-order valence-electron chi connectivity index (χ2n) is 10.3. The number of morpholine rings is 1. The van der Waals surface area contributed by atoms with Gasteiger partial charge in [0.05, 0.1) is 23.3 Å². The Morgan fingerprint density at radius 3 is 2.68 bits per heavy atom. The molecule has 0 radical (unpaired) electrons. The third-order valence-electron chi connectivity index (χ3n) is 7.08. The van der Waals surface area contributed by atoms with Crippen LogP contribution in [-0.4, -0.2) is 110 Å². The molecule has 200 valence electrons. The molecular weight excluding hydrogens is 480 g/mol. The molecule has 5 rings (SSSR count). The molecule has 3 aromatic rings. The van der Waals surface area contributed by atoms with Crippen LogP contribution in [-0.2, 0) is 4.74 Å². The first-order valence-corrected chi connectivity index (χ1v) is 13.3. The molecule has 0 bridgehead atoms. The van der Waals surface area contributed by atoms with Crippen molar-refractivity contribution in [3.05, 3.63) is 48.3 Å². The van der Waals surface area contributed by atoms with Crippen molar-refractivity contribution in [1.82, 2.24) is 24.8 Å². The number of benzene rings is 1. The van der Waals surface area contributed by atoms with Crippen LogP contribution in [0.25, 0.3) is 10.9 Å². The number of nitriles is 1. The van der Waals surface area contributed by atoms with Gasteiger partial charge in [0.2, 0.25) is 0 Å². The van der Waals surface area contributed by atoms with Crippen molar-refractivity contribution in [3.8, 4) is 12.1 Å². The summed E-state index contributed by atoms with van der Waals surface area (Å²) < 4.78 is 12.1. The Labute approximate surface area is 224 Å². The number of nitrogens with zero attached hydrogens (tertiary/aromatic N) is 8. The molecule has 2 atom stereocenters. The van der Waals surface area contributed by atoms with Gasteiger partial charge in [-0.15, -0.1) is 0 Å². The zero-order valence-electron chi connectivity index (χ0n) is 22.5. The maximum Gasteiger partial charge on any atom is 0.318 e. The molecule has 0 unspecified atom stereocenters. The second-order valence-corrected chi connectivity index (χ2v) is 10.3. The average molecular weight is 517 g/mol. The smallest absolute Gasteiger partial charge is 0.318 e. The van der Waals surface area contributed by atoms with Crippen molar-refractivity contribution in [2.45, 2.75) is 19.1 Å². The predicted molar refractivity (Wildman–Crippen MR) is 148 cm³/mol. The third-order valence-corrected chi connectivity index (χ3v) is 7.08. The number of hydrogen-bond acceptors (Lipinski definition) is 10. The van der Waals surface area contributed by atoms with E-state index in [-0.39, 0.29) is 12.2 Å². The van der Waals surface area contributed by atoms with E-state index in [1.54, 1.807) is 12.4 Å². The highest BCUT2D eigenvalue weighted by Crippen LogP contribution is 2.30. The average Bonchev–Trinajstić information content (AvgIpc) is 2.92. The molecule has 10 nitrogen and oxygen atoms in total. The maximum atomic E-state index is 9.51. The summed E-state index contributed by atoms with van der Waals surface area (Å²) in [6.45, 7) is 9.69. The van der Waals surface area contributed by atoms with Gasteiger partial charge in [-0.05, 0) is 51.4 Å². The van der Waals surface area contributed by atoms with Gasteiger partial charge < -0.3 is 24.2 Å². The van der Waals surface area contributed by atoms with E-state index in [2.05, 4.69) is 59.7 Å². The lowest BCUT2D eigenvalue weighted by Gasteiger charge is -2.42. The zero-order chi connectivity index (χ0) is 26.5. The van der Waals surface area contributed by atoms with E-state index in [9.17, 15) is 5.26 Å². The first-order chi connectivity index (χ1) is 18.5. The quantitative estimate of drug-likeness (QED) is 0.444. The Hall–Kier alpha value is -3.52. The van der Waals surface area contributed by atoms with Crippen molar-refractivity contribution in [2.75, 3.05) is 82.9 Å². The highest BCUT2D eigenvalue weighted by molar-refractivity contribution is 5.95. The van der Waals surface area contributed by atoms with E-state index in [0.29, 0.717) is 18.2 Å². The van der Waals surface area contributed by atoms with E-state index in [1.165, 1.54) is 0 Å². The van der Waals surface area contributed by atoms with Gasteiger partial charge in [0.15, 0.2) is 0 Å². The summed E-state index contributed by atoms with van der Waals surface area (Å²) in [7, 11) is 4.03. The Kier molecular flexibility index (Phi) is 8.17. The van der Waals surface area contributed by atoms with E-state index < -0.39 is 0 Å². The van der Waals surface area contributed by atoms with Crippen LogP contribution in [0.3, 0.4) is 0 Å². The summed E-state index contributed by atoms with van der Waals surface area (Å²) in [6.07, 6.45) is 3.74. The summed E-state index contributed by atoms with van der Waals surface area (Å²) in [5.41, 5.74) is 2.48. The lowest BCUT2D eigenvalue weighted by atomic mass is 10.1. The lowest BCUT2D eigenvalue weighted by molar-refractivity contribution is -0.0327. The molecule has 2 fully saturated rings. The fourth-order valence-corrected chi connectivity index (χ4v) is 5.21. The second kappa shape index (κ2) is 11.9. The molecule has 0 N–H and O–H groups in total. The number of piperazine rings is 1. The first-order valence-electron chi connectivity index (χ1n) is 13.3. The number of fused-ring (bicyclic) bond motifs is 1. The molecule has 0 amide bonds. The maximum absolute atomic E-state index is 9.51. The fourth-order valence-electron chi connectivity index (χ4n) is 5.21. The van der Waals surface area contributed by atoms with Crippen LogP contribution in [0, 0.1) is 11.3 Å². The minimum absolute atomic E-state index is 0.100.